The summed E-state index contributed by atoms with van der Waals surface area (Å²) in [6.45, 7) is 2.86. The molecule has 2 rings (SSSR count). The monoisotopic (exact) mass is 1430 g/mol. The number of hydrogen-bond acceptors (Lipinski definition) is 13. The molecule has 2 heterocycles. The normalized spacial score (nSPS) is 21.8. The van der Waals surface area contributed by atoms with Crippen LogP contribution in [0.4, 0.5) is 0 Å². The second-order valence-electron chi connectivity index (χ2n) is 31.0. The van der Waals surface area contributed by atoms with Gasteiger partial charge in [0.15, 0.2) is 12.6 Å². The summed E-state index contributed by atoms with van der Waals surface area (Å²) in [4.78, 5) is 13.4. The number of unbranched alkanes of at least 4 members (excludes halogenated alkanes) is 58. The first-order valence-corrected chi connectivity index (χ1v) is 43.7. The molecule has 2 saturated heterocycles. The van der Waals surface area contributed by atoms with Gasteiger partial charge in [0, 0.05) is 6.42 Å². The van der Waals surface area contributed by atoms with Crippen molar-refractivity contribution in [2.24, 2.45) is 0 Å². The number of aliphatic hydroxyl groups is 8. The Morgan fingerprint density at radius 1 is 0.347 bits per heavy atom. The molecule has 0 bridgehead atoms. The van der Waals surface area contributed by atoms with Crippen LogP contribution in [0.5, 0.6) is 0 Å². The van der Waals surface area contributed by atoms with Crippen LogP contribution in [0.2, 0.25) is 0 Å². The molecule has 12 unspecified atom stereocenters. The maximum absolute atomic E-state index is 13.4. The minimum atomic E-state index is -1.79. The SMILES string of the molecule is CCCCCCCCCC/C=C\CCCCCCCCCCCCCCCCCCCCCCCCCCCCCC(=O)NC(COC1OC(CO)C(OC2OC(CO)C(O)C(O)C2O)C(O)C1O)C(O)/C=C/CC/C=C/CCCCCCCCCCCCCCCCCCCCCCCC. The smallest absolute Gasteiger partial charge is 0.220 e. The van der Waals surface area contributed by atoms with Gasteiger partial charge in [-0.15, -0.1) is 0 Å². The van der Waals surface area contributed by atoms with Crippen molar-refractivity contribution in [1.29, 1.82) is 0 Å². The molecule has 2 fully saturated rings. The van der Waals surface area contributed by atoms with E-state index in [0.29, 0.717) is 12.8 Å². The molecule has 14 nitrogen and oxygen atoms in total. The minimum Gasteiger partial charge on any atom is -0.394 e. The first-order chi connectivity index (χ1) is 49.6. The third-order valence-corrected chi connectivity index (χ3v) is 21.5. The number of carbonyl (C=O) groups excluding carboxylic acids is 1. The van der Waals surface area contributed by atoms with Crippen molar-refractivity contribution in [2.75, 3.05) is 19.8 Å². The highest BCUT2D eigenvalue weighted by Gasteiger charge is 2.51. The Hall–Kier alpha value is -1.79. The zero-order chi connectivity index (χ0) is 73.0. The Balaban J connectivity index is 1.57. The first-order valence-electron chi connectivity index (χ1n) is 43.7. The van der Waals surface area contributed by atoms with Crippen molar-refractivity contribution >= 4 is 5.91 Å². The van der Waals surface area contributed by atoms with Crippen LogP contribution in [-0.4, -0.2) is 140 Å². The summed E-state index contributed by atoms with van der Waals surface area (Å²) >= 11 is 0. The molecule has 1 amide bonds. The summed E-state index contributed by atoms with van der Waals surface area (Å²) in [5.41, 5.74) is 0. The predicted molar refractivity (Wildman–Crippen MR) is 420 cm³/mol. The standard InChI is InChI=1S/C87H165NO13/c1-3-5-7-9-11-13-15-17-19-21-23-25-27-29-31-33-34-35-36-37-38-39-40-41-42-43-45-47-49-51-53-55-57-59-61-63-65-67-69-71-79(92)88-75(74-98-86-84(97)82(95)85(78(73-90)100-86)101-87-83(96)81(94)80(93)77(72-89)99-87)76(91)70-68-66-64-62-60-58-56-54-52-50-48-46-44-32-30-28-26-24-22-20-18-16-14-12-10-8-6-4-2/h21,23,60,62,68,70,75-78,80-87,89-91,93-97H,3-20,22,24-59,61,63-67,69,71-74H2,1-2H3,(H,88,92)/b23-21-,62-60+,70-68+. The van der Waals surface area contributed by atoms with Crippen LogP contribution in [0.15, 0.2) is 36.5 Å². The Bertz CT molecular complexity index is 1840. The lowest BCUT2D eigenvalue weighted by Gasteiger charge is -2.46. The summed E-state index contributed by atoms with van der Waals surface area (Å²) in [5.74, 6) is -0.240. The van der Waals surface area contributed by atoms with Gasteiger partial charge in [0.2, 0.25) is 5.91 Å². The second kappa shape index (κ2) is 71.1. The van der Waals surface area contributed by atoms with Crippen LogP contribution in [0.25, 0.3) is 0 Å². The summed E-state index contributed by atoms with van der Waals surface area (Å²) in [5, 5.41) is 87.8. The zero-order valence-corrected chi connectivity index (χ0v) is 65.7. The summed E-state index contributed by atoms with van der Waals surface area (Å²) in [6, 6.07) is -0.932. The minimum absolute atomic E-state index is 0.240. The Morgan fingerprint density at radius 3 is 0.970 bits per heavy atom. The molecular weight excluding hydrogens is 1270 g/mol. The van der Waals surface area contributed by atoms with Gasteiger partial charge >= 0.3 is 0 Å². The number of hydrogen-bond donors (Lipinski definition) is 9. The molecule has 0 aromatic carbocycles. The fourth-order valence-electron chi connectivity index (χ4n) is 14.7. The van der Waals surface area contributed by atoms with E-state index in [4.69, 9.17) is 18.9 Å². The highest BCUT2D eigenvalue weighted by Crippen LogP contribution is 2.31. The molecule has 14 heteroatoms. The number of aliphatic hydroxyl groups excluding tert-OH is 8. The lowest BCUT2D eigenvalue weighted by atomic mass is 9.97. The van der Waals surface area contributed by atoms with Crippen LogP contribution in [0, 0.1) is 0 Å². The van der Waals surface area contributed by atoms with Gasteiger partial charge in [0.1, 0.15) is 48.8 Å². The van der Waals surface area contributed by atoms with Gasteiger partial charge in [-0.2, -0.15) is 0 Å². The zero-order valence-electron chi connectivity index (χ0n) is 65.7. The molecule has 2 aliphatic heterocycles. The van der Waals surface area contributed by atoms with E-state index < -0.39 is 86.8 Å². The van der Waals surface area contributed by atoms with Crippen LogP contribution >= 0.6 is 0 Å². The molecule has 596 valence electrons. The largest absolute Gasteiger partial charge is 0.394 e. The molecule has 2 aliphatic rings. The Morgan fingerprint density at radius 2 is 0.634 bits per heavy atom. The lowest BCUT2D eigenvalue weighted by Crippen LogP contribution is -2.65. The highest BCUT2D eigenvalue weighted by atomic mass is 16.7. The van der Waals surface area contributed by atoms with Crippen LogP contribution in [0.3, 0.4) is 0 Å². The molecule has 12 atom stereocenters. The van der Waals surface area contributed by atoms with Crippen molar-refractivity contribution in [3.63, 3.8) is 0 Å². The van der Waals surface area contributed by atoms with Crippen LogP contribution in [-0.2, 0) is 23.7 Å². The van der Waals surface area contributed by atoms with Gasteiger partial charge in [-0.25, -0.2) is 0 Å². The van der Waals surface area contributed by atoms with E-state index in [1.54, 1.807) is 6.08 Å². The van der Waals surface area contributed by atoms with E-state index in [1.807, 2.05) is 6.08 Å². The molecule has 0 aliphatic carbocycles. The number of nitrogens with one attached hydrogen (secondary N) is 1. The molecule has 0 aromatic rings. The van der Waals surface area contributed by atoms with E-state index >= 15 is 0 Å². The Kier molecular flexibility index (Phi) is 67.1. The highest BCUT2D eigenvalue weighted by molar-refractivity contribution is 5.76. The quantitative estimate of drug-likeness (QED) is 0.0204. The number of ether oxygens (including phenoxy) is 4. The van der Waals surface area contributed by atoms with Crippen molar-refractivity contribution in [3.05, 3.63) is 36.5 Å². The van der Waals surface area contributed by atoms with E-state index in [9.17, 15) is 45.6 Å². The third kappa shape index (κ3) is 53.6. The number of allylic oxidation sites excluding steroid dienone is 5. The van der Waals surface area contributed by atoms with E-state index in [2.05, 4.69) is 43.5 Å². The predicted octanol–water partition coefficient (Wildman–Crippen LogP) is 20.8. The van der Waals surface area contributed by atoms with Crippen molar-refractivity contribution in [1.82, 2.24) is 5.32 Å². The molecule has 0 aromatic heterocycles. The summed E-state index contributed by atoms with van der Waals surface area (Å²) in [6.07, 6.45) is 78.4. The van der Waals surface area contributed by atoms with Gasteiger partial charge in [-0.05, 0) is 57.8 Å². The summed E-state index contributed by atoms with van der Waals surface area (Å²) in [7, 11) is 0. The third-order valence-electron chi connectivity index (χ3n) is 21.5. The topological polar surface area (TPSA) is 228 Å². The van der Waals surface area contributed by atoms with Crippen LogP contribution < -0.4 is 5.32 Å². The van der Waals surface area contributed by atoms with E-state index in [-0.39, 0.29) is 18.9 Å². The molecule has 101 heavy (non-hydrogen) atoms. The van der Waals surface area contributed by atoms with Gasteiger partial charge < -0.3 is 65.1 Å². The number of rotatable bonds is 75. The molecule has 0 spiro atoms. The second-order valence-corrected chi connectivity index (χ2v) is 31.0. The van der Waals surface area contributed by atoms with E-state index in [0.717, 1.165) is 32.1 Å². The fraction of sp³-hybridized carbons (Fsp3) is 0.920. The molecule has 9 N–H and O–H groups in total. The fourth-order valence-corrected chi connectivity index (χ4v) is 14.7. The van der Waals surface area contributed by atoms with Gasteiger partial charge in [0.25, 0.3) is 0 Å². The average molecular weight is 1430 g/mol. The first kappa shape index (κ1) is 95.3. The van der Waals surface area contributed by atoms with Gasteiger partial charge in [0.05, 0.1) is 32.0 Å². The van der Waals surface area contributed by atoms with Gasteiger partial charge in [-0.3, -0.25) is 4.79 Å². The molecule has 0 saturated carbocycles. The van der Waals surface area contributed by atoms with Crippen molar-refractivity contribution in [2.45, 2.75) is 492 Å². The summed E-state index contributed by atoms with van der Waals surface area (Å²) < 4.78 is 22.9. The maximum Gasteiger partial charge on any atom is 0.220 e. The van der Waals surface area contributed by atoms with E-state index in [1.165, 1.54) is 353 Å². The molecular formula is C87H165NO13. The average Bonchev–Trinajstić information content (AvgIpc) is 0.790. The Labute approximate surface area is 621 Å². The van der Waals surface area contributed by atoms with Crippen molar-refractivity contribution < 1.29 is 64.6 Å². The number of carbonyl (C=O) groups is 1. The van der Waals surface area contributed by atoms with Gasteiger partial charge in [-0.1, -0.05) is 391 Å². The van der Waals surface area contributed by atoms with Crippen LogP contribution in [0.1, 0.15) is 418 Å². The van der Waals surface area contributed by atoms with Crippen molar-refractivity contribution in [3.8, 4) is 0 Å². The number of amides is 1. The lowest BCUT2D eigenvalue weighted by molar-refractivity contribution is -0.359. The maximum atomic E-state index is 13.4. The molecule has 0 radical (unpaired) electrons.